The molecule has 182 valence electrons. The molecule has 0 heterocycles. The fraction of sp³-hybridized carbons (Fsp3) is 0.360. The molecule has 0 aliphatic heterocycles. The highest BCUT2D eigenvalue weighted by Gasteiger charge is 2.31. The minimum atomic E-state index is -1.10. The highest BCUT2D eigenvalue weighted by Crippen LogP contribution is 2.11. The number of methoxy groups -OCH3 is 2. The van der Waals surface area contributed by atoms with Gasteiger partial charge < -0.3 is 24.8 Å². The van der Waals surface area contributed by atoms with Crippen LogP contribution >= 0.6 is 0 Å². The molecule has 0 saturated carbocycles. The minimum absolute atomic E-state index is 0.0262. The summed E-state index contributed by atoms with van der Waals surface area (Å²) in [6, 6.07) is 16.1. The predicted molar refractivity (Wildman–Crippen MR) is 123 cm³/mol. The van der Waals surface area contributed by atoms with E-state index in [0.29, 0.717) is 0 Å². The van der Waals surface area contributed by atoms with Crippen molar-refractivity contribution in [2.75, 3.05) is 14.2 Å². The molecule has 0 fully saturated rings. The highest BCUT2D eigenvalue weighted by atomic mass is 16.5. The number of carbonyl (C=O) groups excluding carboxylic acids is 4. The molecule has 0 unspecified atom stereocenters. The molecule has 2 amide bonds. The van der Waals surface area contributed by atoms with E-state index in [1.165, 1.54) is 14.2 Å². The van der Waals surface area contributed by atoms with Crippen LogP contribution in [0.15, 0.2) is 60.7 Å². The first kappa shape index (κ1) is 26.4. The Morgan fingerprint density at radius 2 is 1.32 bits per heavy atom. The van der Waals surface area contributed by atoms with Crippen molar-refractivity contribution >= 4 is 23.9 Å². The van der Waals surface area contributed by atoms with Gasteiger partial charge in [0.15, 0.2) is 0 Å². The van der Waals surface area contributed by atoms with Crippen molar-refractivity contribution in [1.29, 1.82) is 0 Å². The Bertz CT molecular complexity index is 950. The van der Waals surface area contributed by atoms with Crippen LogP contribution < -0.4 is 10.6 Å². The second kappa shape index (κ2) is 13.6. The van der Waals surface area contributed by atoms with Gasteiger partial charge in [-0.05, 0) is 17.5 Å². The van der Waals surface area contributed by atoms with Crippen molar-refractivity contribution in [1.82, 2.24) is 10.6 Å². The molecule has 0 aliphatic rings. The molecule has 0 spiro atoms. The first-order chi connectivity index (χ1) is 16.3. The average molecular weight is 471 g/mol. The summed E-state index contributed by atoms with van der Waals surface area (Å²) in [6.07, 6.45) is -0.646. The van der Waals surface area contributed by atoms with Crippen LogP contribution in [0, 0.1) is 5.92 Å². The van der Waals surface area contributed by atoms with Gasteiger partial charge in [0.05, 0.1) is 20.1 Å². The van der Waals surface area contributed by atoms with Gasteiger partial charge in [0.25, 0.3) is 0 Å². The third-order valence-electron chi connectivity index (χ3n) is 5.10. The quantitative estimate of drug-likeness (QED) is 0.382. The third kappa shape index (κ3) is 8.57. The molecule has 9 nitrogen and oxygen atoms in total. The average Bonchev–Trinajstić information content (AvgIpc) is 2.86. The lowest BCUT2D eigenvalue weighted by atomic mass is 10.0. The van der Waals surface area contributed by atoms with Crippen LogP contribution in [-0.2, 0) is 41.6 Å². The maximum Gasteiger partial charge on any atom is 0.408 e. The van der Waals surface area contributed by atoms with E-state index >= 15 is 0 Å². The summed E-state index contributed by atoms with van der Waals surface area (Å²) in [6.45, 7) is 1.61. The molecule has 2 aromatic carbocycles. The summed E-state index contributed by atoms with van der Waals surface area (Å²) < 4.78 is 14.7. The van der Waals surface area contributed by atoms with E-state index in [9.17, 15) is 19.2 Å². The zero-order valence-electron chi connectivity index (χ0n) is 19.5. The van der Waals surface area contributed by atoms with Gasteiger partial charge in [0.2, 0.25) is 5.91 Å². The summed E-state index contributed by atoms with van der Waals surface area (Å²) in [5.74, 6) is -2.51. The summed E-state index contributed by atoms with van der Waals surface area (Å²) in [4.78, 5) is 49.6. The van der Waals surface area contributed by atoms with Gasteiger partial charge in [-0.25, -0.2) is 9.59 Å². The molecule has 34 heavy (non-hydrogen) atoms. The van der Waals surface area contributed by atoms with Crippen LogP contribution in [0.1, 0.15) is 24.5 Å². The summed E-state index contributed by atoms with van der Waals surface area (Å²) in [5.41, 5.74) is 1.59. The lowest BCUT2D eigenvalue weighted by Gasteiger charge is -2.23. The van der Waals surface area contributed by atoms with E-state index in [2.05, 4.69) is 10.6 Å². The minimum Gasteiger partial charge on any atom is -0.469 e. The van der Waals surface area contributed by atoms with Gasteiger partial charge in [0.1, 0.15) is 18.7 Å². The molecule has 0 radical (unpaired) electrons. The van der Waals surface area contributed by atoms with Crippen molar-refractivity contribution in [2.45, 2.75) is 38.5 Å². The number of benzene rings is 2. The maximum absolute atomic E-state index is 13.1. The van der Waals surface area contributed by atoms with Gasteiger partial charge in [-0.15, -0.1) is 0 Å². The highest BCUT2D eigenvalue weighted by molar-refractivity contribution is 5.90. The van der Waals surface area contributed by atoms with Crippen molar-refractivity contribution in [3.05, 3.63) is 71.8 Å². The fourth-order valence-electron chi connectivity index (χ4n) is 3.25. The second-order valence-corrected chi connectivity index (χ2v) is 7.69. The Morgan fingerprint density at radius 1 is 0.765 bits per heavy atom. The van der Waals surface area contributed by atoms with Crippen LogP contribution in [-0.4, -0.2) is 50.2 Å². The summed E-state index contributed by atoms with van der Waals surface area (Å²) >= 11 is 0. The number of hydrogen-bond donors (Lipinski definition) is 2. The van der Waals surface area contributed by atoms with Gasteiger partial charge >= 0.3 is 18.0 Å². The Morgan fingerprint density at radius 3 is 1.88 bits per heavy atom. The van der Waals surface area contributed by atoms with Crippen molar-refractivity contribution < 1.29 is 33.4 Å². The Kier molecular flexibility index (Phi) is 10.6. The van der Waals surface area contributed by atoms with Gasteiger partial charge in [-0.1, -0.05) is 67.6 Å². The monoisotopic (exact) mass is 470 g/mol. The van der Waals surface area contributed by atoms with Crippen molar-refractivity contribution in [2.24, 2.45) is 5.92 Å². The largest absolute Gasteiger partial charge is 0.469 e. The topological polar surface area (TPSA) is 120 Å². The van der Waals surface area contributed by atoms with Crippen molar-refractivity contribution in [3.8, 4) is 0 Å². The first-order valence-corrected chi connectivity index (χ1v) is 10.8. The molecular formula is C25H30N2O7. The standard InChI is InChI=1S/C25H30N2O7/c1-17(23(29)32-2)14-21(24(30)33-3)26-22(28)20(15-18-10-6-4-7-11-18)27-25(31)34-16-19-12-8-5-9-13-19/h4-13,17,20-21H,14-16H2,1-3H3,(H,26,28)(H,27,31)/t17-,20+,21-/m1/s1. The lowest BCUT2D eigenvalue weighted by molar-refractivity contribution is -0.149. The van der Waals surface area contributed by atoms with Crippen LogP contribution in [0.4, 0.5) is 4.79 Å². The predicted octanol–water partition coefficient (Wildman–Crippen LogP) is 2.38. The summed E-state index contributed by atoms with van der Waals surface area (Å²) in [7, 11) is 2.43. The molecule has 2 aromatic rings. The smallest absolute Gasteiger partial charge is 0.408 e. The molecular weight excluding hydrogens is 440 g/mol. The van der Waals surface area contributed by atoms with Crippen molar-refractivity contribution in [3.63, 3.8) is 0 Å². The number of ether oxygens (including phenoxy) is 3. The van der Waals surface area contributed by atoms with Gasteiger partial charge in [-0.2, -0.15) is 0 Å². The van der Waals surface area contributed by atoms with E-state index < -0.39 is 41.9 Å². The van der Waals surface area contributed by atoms with Crippen LogP contribution in [0.3, 0.4) is 0 Å². The molecule has 2 rings (SSSR count). The third-order valence-corrected chi connectivity index (χ3v) is 5.10. The SMILES string of the molecule is COC(=O)[C@H](C)C[C@@H](NC(=O)[C@H](Cc1ccccc1)NC(=O)OCc1ccccc1)C(=O)OC. The van der Waals surface area contributed by atoms with E-state index in [1.807, 2.05) is 60.7 Å². The number of rotatable bonds is 11. The zero-order valence-corrected chi connectivity index (χ0v) is 19.5. The van der Waals surface area contributed by atoms with Gasteiger partial charge in [0, 0.05) is 6.42 Å². The normalized spacial score (nSPS) is 13.0. The lowest BCUT2D eigenvalue weighted by Crippen LogP contribution is -2.53. The Labute approximate surface area is 198 Å². The van der Waals surface area contributed by atoms with E-state index in [4.69, 9.17) is 14.2 Å². The van der Waals surface area contributed by atoms with E-state index in [1.54, 1.807) is 6.92 Å². The molecule has 2 N–H and O–H groups in total. The Hall–Kier alpha value is -3.88. The molecule has 0 bridgehead atoms. The van der Waals surface area contributed by atoms with Crippen LogP contribution in [0.2, 0.25) is 0 Å². The van der Waals surface area contributed by atoms with E-state index in [0.717, 1.165) is 11.1 Å². The maximum atomic E-state index is 13.1. The van der Waals surface area contributed by atoms with Gasteiger partial charge in [-0.3, -0.25) is 9.59 Å². The molecule has 0 saturated heterocycles. The number of alkyl carbamates (subject to hydrolysis) is 1. The number of esters is 2. The molecule has 0 aliphatic carbocycles. The van der Waals surface area contributed by atoms with Crippen LogP contribution in [0.5, 0.6) is 0 Å². The number of amides is 2. The molecule has 9 heteroatoms. The number of hydrogen-bond acceptors (Lipinski definition) is 7. The van der Waals surface area contributed by atoms with Crippen LogP contribution in [0.25, 0.3) is 0 Å². The second-order valence-electron chi connectivity index (χ2n) is 7.69. The summed E-state index contributed by atoms with van der Waals surface area (Å²) in [5, 5.41) is 5.15. The van der Waals surface area contributed by atoms with E-state index in [-0.39, 0.29) is 19.4 Å². The molecule has 0 aromatic heterocycles. The molecule has 3 atom stereocenters. The Balaban J connectivity index is 2.11. The zero-order chi connectivity index (χ0) is 24.9. The first-order valence-electron chi connectivity index (χ1n) is 10.8. The fourth-order valence-corrected chi connectivity index (χ4v) is 3.25. The number of nitrogens with one attached hydrogen (secondary N) is 2. The number of carbonyl (C=O) groups is 4.